The zero-order valence-electron chi connectivity index (χ0n) is 23.2. The first kappa shape index (κ1) is 27.7. The maximum Gasteiger partial charge on any atom is 0.219 e. The van der Waals surface area contributed by atoms with Crippen LogP contribution in [0.5, 0.6) is 5.88 Å². The van der Waals surface area contributed by atoms with Gasteiger partial charge in [-0.05, 0) is 89.0 Å². The quantitative estimate of drug-likeness (QED) is 0.411. The summed E-state index contributed by atoms with van der Waals surface area (Å²) in [4.78, 5) is 31.2. The largest absolute Gasteiger partial charge is 0.473 e. The fourth-order valence-electron chi connectivity index (χ4n) is 6.89. The van der Waals surface area contributed by atoms with Crippen LogP contribution in [0.3, 0.4) is 0 Å². The van der Waals surface area contributed by atoms with Gasteiger partial charge in [-0.15, -0.1) is 11.3 Å². The van der Waals surface area contributed by atoms with Gasteiger partial charge in [0.25, 0.3) is 0 Å². The fraction of sp³-hybridized carbons (Fsp3) is 0.483. The second-order valence-corrected chi connectivity index (χ2v) is 12.7. The molecule has 1 aliphatic heterocycles. The molecule has 12 heteroatoms. The highest BCUT2D eigenvalue weighted by molar-refractivity contribution is 7.16. The number of halogens is 1. The van der Waals surface area contributed by atoms with Gasteiger partial charge in [-0.25, -0.2) is 9.97 Å². The topological polar surface area (TPSA) is 149 Å². The summed E-state index contributed by atoms with van der Waals surface area (Å²) in [5, 5.41) is 10.6. The minimum atomic E-state index is -0.808. The van der Waals surface area contributed by atoms with Crippen LogP contribution in [0.25, 0.3) is 11.5 Å². The van der Waals surface area contributed by atoms with Gasteiger partial charge in [-0.3, -0.25) is 14.3 Å². The molecule has 1 saturated carbocycles. The van der Waals surface area contributed by atoms with Gasteiger partial charge in [0, 0.05) is 35.0 Å². The summed E-state index contributed by atoms with van der Waals surface area (Å²) in [6.45, 7) is 3.06. The molecule has 4 heterocycles. The molecule has 0 bridgehead atoms. The molecule has 214 valence electrons. The number of aromatic nitrogens is 4. The molecule has 41 heavy (non-hydrogen) atoms. The number of Topliss-reactive ketones (excluding diaryl/α,β-unsaturated/α-hetero) is 1. The van der Waals surface area contributed by atoms with Crippen LogP contribution in [-0.4, -0.2) is 55.9 Å². The molecule has 10 nitrogen and oxygen atoms in total. The molecule has 0 aromatic carbocycles. The summed E-state index contributed by atoms with van der Waals surface area (Å²) in [6, 6.07) is 4.25. The van der Waals surface area contributed by atoms with E-state index in [-0.39, 0.29) is 34.7 Å². The molecule has 3 aliphatic rings. The van der Waals surface area contributed by atoms with Crippen LogP contribution in [0.15, 0.2) is 24.0 Å². The van der Waals surface area contributed by atoms with Crippen LogP contribution in [0.2, 0.25) is 5.28 Å². The highest BCUT2D eigenvalue weighted by atomic mass is 35.5. The maximum absolute atomic E-state index is 14.4. The van der Waals surface area contributed by atoms with E-state index >= 15 is 0 Å². The van der Waals surface area contributed by atoms with Crippen molar-refractivity contribution in [3.05, 3.63) is 51.1 Å². The number of ketones is 1. The van der Waals surface area contributed by atoms with Gasteiger partial charge in [0.05, 0.1) is 16.7 Å². The number of anilines is 1. The number of likely N-dealkylation sites (N-methyl/N-ethyl adjacent to an activating group) is 1. The van der Waals surface area contributed by atoms with E-state index in [1.807, 2.05) is 6.92 Å². The van der Waals surface area contributed by atoms with Crippen LogP contribution in [0, 0.1) is 11.3 Å². The van der Waals surface area contributed by atoms with Gasteiger partial charge in [0.1, 0.15) is 23.0 Å². The zero-order valence-corrected chi connectivity index (χ0v) is 24.8. The predicted octanol–water partition coefficient (Wildman–Crippen LogP) is 4.39. The number of hydrogen-bond acceptors (Lipinski definition) is 10. The van der Waals surface area contributed by atoms with Gasteiger partial charge in [0.2, 0.25) is 11.2 Å². The predicted molar refractivity (Wildman–Crippen MR) is 158 cm³/mol. The number of carbonyl (C=O) groups is 1. The number of nitrogens with zero attached hydrogens (tertiary/aromatic N) is 6. The van der Waals surface area contributed by atoms with Crippen LogP contribution in [0.1, 0.15) is 73.7 Å². The van der Waals surface area contributed by atoms with Crippen molar-refractivity contribution >= 4 is 39.4 Å². The Morgan fingerprint density at radius 1 is 1.29 bits per heavy atom. The van der Waals surface area contributed by atoms with E-state index in [4.69, 9.17) is 37.8 Å². The minimum Gasteiger partial charge on any atom is -0.473 e. The molecule has 3 aromatic heterocycles. The summed E-state index contributed by atoms with van der Waals surface area (Å²) in [5.74, 6) is 0.936. The molecule has 1 spiro atoms. The molecule has 1 saturated heterocycles. The van der Waals surface area contributed by atoms with Crippen molar-refractivity contribution in [3.63, 3.8) is 0 Å². The van der Waals surface area contributed by atoms with Crippen LogP contribution < -0.4 is 16.2 Å². The van der Waals surface area contributed by atoms with Crippen molar-refractivity contribution in [2.75, 3.05) is 19.3 Å². The van der Waals surface area contributed by atoms with E-state index in [1.54, 1.807) is 23.0 Å². The normalized spacial score (nSPS) is 24.7. The summed E-state index contributed by atoms with van der Waals surface area (Å²) in [6.07, 6.45) is 9.56. The first-order valence-electron chi connectivity index (χ1n) is 14.0. The Morgan fingerprint density at radius 3 is 2.76 bits per heavy atom. The number of carbonyl (C=O) groups excluding carboxylic acids is 1. The molecule has 3 aromatic rings. The standard InChI is InChI=1S/C29H33ClN8O2S/c1-16(19-7-5-12-37(19)2)40-22-14-21(38-13-11-34-28(38)30)35-27(36-22)24(32)17-6-3-9-29(25(17)39)10-4-8-20-23(29)18(15-31)26(33)41-20/h11,13-14,16,19H,3-10,12,32-33H2,1-2H3/t16-,19-,29-/m0/s1. The van der Waals surface area contributed by atoms with Gasteiger partial charge in [0.15, 0.2) is 11.6 Å². The van der Waals surface area contributed by atoms with E-state index in [1.165, 1.54) is 11.3 Å². The van der Waals surface area contributed by atoms with Gasteiger partial charge in [-0.2, -0.15) is 10.2 Å². The third-order valence-corrected chi connectivity index (χ3v) is 10.2. The van der Waals surface area contributed by atoms with E-state index in [0.717, 1.165) is 49.1 Å². The average molecular weight is 593 g/mol. The van der Waals surface area contributed by atoms with Crippen molar-refractivity contribution in [3.8, 4) is 17.8 Å². The fourth-order valence-corrected chi connectivity index (χ4v) is 8.25. The number of hydrogen-bond donors (Lipinski definition) is 2. The molecule has 0 amide bonds. The molecule has 6 rings (SSSR count). The van der Waals surface area contributed by atoms with Gasteiger partial charge < -0.3 is 16.2 Å². The molecule has 2 fully saturated rings. The lowest BCUT2D eigenvalue weighted by Crippen LogP contribution is -2.43. The summed E-state index contributed by atoms with van der Waals surface area (Å²) in [5.41, 5.74) is 14.1. The number of allylic oxidation sites excluding steroid dienone is 1. The maximum atomic E-state index is 14.4. The summed E-state index contributed by atoms with van der Waals surface area (Å²) >= 11 is 7.77. The van der Waals surface area contributed by atoms with Gasteiger partial charge >= 0.3 is 0 Å². The van der Waals surface area contributed by atoms with Crippen molar-refractivity contribution < 1.29 is 9.53 Å². The van der Waals surface area contributed by atoms with E-state index in [2.05, 4.69) is 23.0 Å². The molecule has 0 radical (unpaired) electrons. The first-order valence-corrected chi connectivity index (χ1v) is 15.2. The molecule has 3 atom stereocenters. The first-order chi connectivity index (χ1) is 19.7. The van der Waals surface area contributed by atoms with Crippen molar-refractivity contribution in [2.24, 2.45) is 5.73 Å². The number of imidazole rings is 1. The van der Waals surface area contributed by atoms with E-state index in [9.17, 15) is 10.1 Å². The number of fused-ring (bicyclic) bond motifs is 2. The molecular weight excluding hydrogens is 560 g/mol. The number of ether oxygens (including phenoxy) is 1. The Morgan fingerprint density at radius 2 is 2.07 bits per heavy atom. The third kappa shape index (κ3) is 4.68. The number of aryl methyl sites for hydroxylation is 1. The Bertz CT molecular complexity index is 1590. The smallest absolute Gasteiger partial charge is 0.219 e. The monoisotopic (exact) mass is 592 g/mol. The number of nitrogen functional groups attached to an aromatic ring is 1. The number of rotatable bonds is 5. The van der Waals surface area contributed by atoms with Crippen LogP contribution >= 0.6 is 22.9 Å². The van der Waals surface area contributed by atoms with Crippen molar-refractivity contribution in [2.45, 2.75) is 75.9 Å². The summed E-state index contributed by atoms with van der Waals surface area (Å²) in [7, 11) is 2.10. The van der Waals surface area contributed by atoms with Crippen molar-refractivity contribution in [1.82, 2.24) is 24.4 Å². The lowest BCUT2D eigenvalue weighted by atomic mass is 9.61. The zero-order chi connectivity index (χ0) is 28.9. The van der Waals surface area contributed by atoms with Crippen LogP contribution in [-0.2, 0) is 16.6 Å². The average Bonchev–Trinajstić information content (AvgIpc) is 3.67. The molecule has 4 N–H and O–H groups in total. The van der Waals surface area contributed by atoms with Gasteiger partial charge in [-0.1, -0.05) is 0 Å². The molecular formula is C29H33ClN8O2S. The Labute approximate surface area is 248 Å². The highest BCUT2D eigenvalue weighted by Gasteiger charge is 2.49. The summed E-state index contributed by atoms with van der Waals surface area (Å²) < 4.78 is 7.98. The SMILES string of the molecule is C[C@H](Oc1cc(-n2ccnc2Cl)nc(C(N)=C2CCC[C@@]3(CCCc4sc(N)c(C#N)c43)C2=O)n1)[C@@H]1CCCN1C. The van der Waals surface area contributed by atoms with E-state index in [0.29, 0.717) is 47.1 Å². The second-order valence-electron chi connectivity index (χ2n) is 11.2. The van der Waals surface area contributed by atoms with Crippen molar-refractivity contribution in [1.29, 1.82) is 5.26 Å². The Hall–Kier alpha value is -3.46. The van der Waals surface area contributed by atoms with Crippen LogP contribution in [0.4, 0.5) is 5.00 Å². The minimum absolute atomic E-state index is 0.0606. The number of thiophene rings is 1. The number of nitrogens with two attached hydrogens (primary N) is 2. The number of nitriles is 1. The lowest BCUT2D eigenvalue weighted by molar-refractivity contribution is -0.122. The molecule has 2 aliphatic carbocycles. The molecule has 0 unspecified atom stereocenters. The number of likely N-dealkylation sites (tertiary alicyclic amines) is 1. The lowest BCUT2D eigenvalue weighted by Gasteiger charge is -2.40. The van der Waals surface area contributed by atoms with E-state index < -0.39 is 5.41 Å². The second kappa shape index (κ2) is 10.7. The third-order valence-electron chi connectivity index (χ3n) is 8.87. The Balaban J connectivity index is 1.43. The Kier molecular flexibility index (Phi) is 7.26. The highest BCUT2D eigenvalue weighted by Crippen LogP contribution is 2.52.